The molecule has 0 aromatic heterocycles. The zero-order valence-electron chi connectivity index (χ0n) is 19.1. The Labute approximate surface area is 202 Å². The second-order valence-electron chi connectivity index (χ2n) is 9.10. The molecule has 3 aromatic carbocycles. The Balaban J connectivity index is 1.52. The molecule has 0 saturated carbocycles. The van der Waals surface area contributed by atoms with Crippen LogP contribution in [0, 0.1) is 0 Å². The lowest BCUT2D eigenvalue weighted by Crippen LogP contribution is -2.50. The number of nitrogens with zero attached hydrogens (tertiary/aromatic N) is 2. The van der Waals surface area contributed by atoms with Crippen LogP contribution < -0.4 is 10.2 Å². The molecule has 172 valence electrons. The molecule has 0 atom stereocenters. The summed E-state index contributed by atoms with van der Waals surface area (Å²) in [5.41, 5.74) is 1.77. The van der Waals surface area contributed by atoms with Gasteiger partial charge in [0.25, 0.3) is 5.91 Å². The number of nitrogens with one attached hydrogen (secondary N) is 1. The minimum Gasteiger partial charge on any atom is -0.444 e. The molecule has 1 aliphatic heterocycles. The number of anilines is 2. The van der Waals surface area contributed by atoms with Gasteiger partial charge in [-0.1, -0.05) is 52.3 Å². The Morgan fingerprint density at radius 2 is 1.64 bits per heavy atom. The van der Waals surface area contributed by atoms with Crippen molar-refractivity contribution in [2.75, 3.05) is 36.4 Å². The minimum absolute atomic E-state index is 0.154. The van der Waals surface area contributed by atoms with Gasteiger partial charge in [-0.2, -0.15) is 0 Å². The summed E-state index contributed by atoms with van der Waals surface area (Å²) >= 11 is 3.52. The number of hydrogen-bond acceptors (Lipinski definition) is 4. The van der Waals surface area contributed by atoms with Gasteiger partial charge in [0.1, 0.15) is 5.60 Å². The predicted octanol–water partition coefficient (Wildman–Crippen LogP) is 5.91. The average Bonchev–Trinajstić information content (AvgIpc) is 2.78. The van der Waals surface area contributed by atoms with Gasteiger partial charge in [0.15, 0.2) is 0 Å². The van der Waals surface area contributed by atoms with Gasteiger partial charge in [0, 0.05) is 36.2 Å². The molecule has 1 saturated heterocycles. The predicted molar refractivity (Wildman–Crippen MR) is 136 cm³/mol. The van der Waals surface area contributed by atoms with Crippen molar-refractivity contribution in [3.63, 3.8) is 0 Å². The third-order valence-corrected chi connectivity index (χ3v) is 6.01. The first-order valence-corrected chi connectivity index (χ1v) is 11.8. The van der Waals surface area contributed by atoms with E-state index in [-0.39, 0.29) is 12.0 Å². The first-order chi connectivity index (χ1) is 15.7. The maximum Gasteiger partial charge on any atom is 0.410 e. The number of ether oxygens (including phenoxy) is 1. The quantitative estimate of drug-likeness (QED) is 0.476. The van der Waals surface area contributed by atoms with E-state index in [0.29, 0.717) is 31.7 Å². The van der Waals surface area contributed by atoms with Crippen molar-refractivity contribution in [2.45, 2.75) is 26.4 Å². The van der Waals surface area contributed by atoms with E-state index in [4.69, 9.17) is 4.74 Å². The van der Waals surface area contributed by atoms with Crippen LogP contribution in [0.1, 0.15) is 31.1 Å². The van der Waals surface area contributed by atoms with E-state index < -0.39 is 5.60 Å². The molecule has 1 fully saturated rings. The van der Waals surface area contributed by atoms with Gasteiger partial charge in [-0.3, -0.25) is 4.79 Å². The van der Waals surface area contributed by atoms with Crippen LogP contribution in [0.15, 0.2) is 65.1 Å². The summed E-state index contributed by atoms with van der Waals surface area (Å²) < 4.78 is 6.38. The number of benzene rings is 3. The van der Waals surface area contributed by atoms with Gasteiger partial charge in [-0.05, 0) is 55.8 Å². The van der Waals surface area contributed by atoms with E-state index in [2.05, 4.69) is 26.1 Å². The summed E-state index contributed by atoms with van der Waals surface area (Å²) in [7, 11) is 0. The molecule has 4 rings (SSSR count). The lowest BCUT2D eigenvalue weighted by molar-refractivity contribution is 0.0240. The maximum atomic E-state index is 13.2. The Morgan fingerprint density at radius 3 is 2.36 bits per heavy atom. The molecule has 0 unspecified atom stereocenters. The number of amides is 2. The van der Waals surface area contributed by atoms with Crippen LogP contribution in [0.25, 0.3) is 10.8 Å². The van der Waals surface area contributed by atoms with Crippen LogP contribution in [-0.4, -0.2) is 48.7 Å². The number of halogens is 1. The lowest BCUT2D eigenvalue weighted by Gasteiger charge is -2.37. The highest BCUT2D eigenvalue weighted by molar-refractivity contribution is 9.10. The van der Waals surface area contributed by atoms with Crippen molar-refractivity contribution >= 4 is 50.1 Å². The Bertz CT molecular complexity index is 1180. The smallest absolute Gasteiger partial charge is 0.410 e. The van der Waals surface area contributed by atoms with Gasteiger partial charge < -0.3 is 19.9 Å². The molecule has 6 nitrogen and oxygen atoms in total. The molecule has 0 bridgehead atoms. The highest BCUT2D eigenvalue weighted by Crippen LogP contribution is 2.31. The fraction of sp³-hybridized carbons (Fsp3) is 0.308. The fourth-order valence-electron chi connectivity index (χ4n) is 3.95. The van der Waals surface area contributed by atoms with Crippen LogP contribution in [0.5, 0.6) is 0 Å². The van der Waals surface area contributed by atoms with Gasteiger partial charge in [0.05, 0.1) is 11.4 Å². The zero-order chi connectivity index (χ0) is 23.6. The molecule has 3 aromatic rings. The molecule has 1 aliphatic rings. The highest BCUT2D eigenvalue weighted by atomic mass is 79.9. The Hall–Kier alpha value is -3.06. The number of rotatable bonds is 3. The van der Waals surface area contributed by atoms with Crippen LogP contribution in [0.2, 0.25) is 0 Å². The number of carbonyl (C=O) groups excluding carboxylic acids is 2. The molecular weight excluding hydrogens is 482 g/mol. The maximum absolute atomic E-state index is 13.2. The fourth-order valence-corrected chi connectivity index (χ4v) is 4.31. The molecule has 2 amide bonds. The third kappa shape index (κ3) is 5.47. The summed E-state index contributed by atoms with van der Waals surface area (Å²) in [5, 5.41) is 5.05. The second kappa shape index (κ2) is 9.43. The number of fused-ring (bicyclic) bond motifs is 1. The van der Waals surface area contributed by atoms with Gasteiger partial charge in [-0.15, -0.1) is 0 Å². The summed E-state index contributed by atoms with van der Waals surface area (Å²) in [6.07, 6.45) is -0.289. The first kappa shape index (κ1) is 23.1. The molecule has 1 N–H and O–H groups in total. The highest BCUT2D eigenvalue weighted by Gasteiger charge is 2.27. The SMILES string of the molecule is CC(C)(C)OC(=O)N1CCN(c2ccc(Br)cc2NC(=O)c2cccc3ccccc23)CC1. The van der Waals surface area contributed by atoms with Crippen molar-refractivity contribution < 1.29 is 14.3 Å². The monoisotopic (exact) mass is 509 g/mol. The standard InChI is InChI=1S/C26H28BrN3O3/c1-26(2,3)33-25(32)30-15-13-29(14-16-30)23-12-11-19(27)17-22(23)28-24(31)21-10-6-8-18-7-4-5-9-20(18)21/h4-12,17H,13-16H2,1-3H3,(H,28,31). The van der Waals surface area contributed by atoms with Crippen LogP contribution in [-0.2, 0) is 4.74 Å². The van der Waals surface area contributed by atoms with E-state index in [9.17, 15) is 9.59 Å². The molecule has 0 spiro atoms. The first-order valence-electron chi connectivity index (χ1n) is 11.0. The number of piperazine rings is 1. The number of hydrogen-bond donors (Lipinski definition) is 1. The van der Waals surface area contributed by atoms with Gasteiger partial charge in [-0.25, -0.2) is 4.79 Å². The van der Waals surface area contributed by atoms with Crippen molar-refractivity contribution in [2.24, 2.45) is 0 Å². The van der Waals surface area contributed by atoms with E-state index in [1.54, 1.807) is 4.90 Å². The molecule has 7 heteroatoms. The van der Waals surface area contributed by atoms with E-state index in [0.717, 1.165) is 26.6 Å². The molecule has 0 radical (unpaired) electrons. The van der Waals surface area contributed by atoms with Crippen molar-refractivity contribution in [1.29, 1.82) is 0 Å². The summed E-state index contributed by atoms with van der Waals surface area (Å²) in [6, 6.07) is 19.5. The summed E-state index contributed by atoms with van der Waals surface area (Å²) in [5.74, 6) is -0.154. The van der Waals surface area contributed by atoms with E-state index in [1.807, 2.05) is 81.4 Å². The summed E-state index contributed by atoms with van der Waals surface area (Å²) in [4.78, 5) is 29.6. The van der Waals surface area contributed by atoms with Crippen LogP contribution >= 0.6 is 15.9 Å². The molecule has 0 aliphatic carbocycles. The molecule has 1 heterocycles. The normalized spacial score (nSPS) is 14.3. The Kier molecular flexibility index (Phi) is 6.61. The van der Waals surface area contributed by atoms with Crippen molar-refractivity contribution in [1.82, 2.24) is 4.90 Å². The van der Waals surface area contributed by atoms with Gasteiger partial charge in [0.2, 0.25) is 0 Å². The topological polar surface area (TPSA) is 61.9 Å². The van der Waals surface area contributed by atoms with Crippen molar-refractivity contribution in [3.05, 3.63) is 70.7 Å². The Morgan fingerprint density at radius 1 is 0.939 bits per heavy atom. The minimum atomic E-state index is -0.515. The second-order valence-corrected chi connectivity index (χ2v) is 10.0. The lowest BCUT2D eigenvalue weighted by atomic mass is 10.0. The van der Waals surface area contributed by atoms with Gasteiger partial charge >= 0.3 is 6.09 Å². The molecule has 33 heavy (non-hydrogen) atoms. The van der Waals surface area contributed by atoms with Crippen LogP contribution in [0.3, 0.4) is 0 Å². The van der Waals surface area contributed by atoms with Crippen LogP contribution in [0.4, 0.5) is 16.2 Å². The van der Waals surface area contributed by atoms with E-state index in [1.165, 1.54) is 0 Å². The number of carbonyl (C=O) groups is 2. The summed E-state index contributed by atoms with van der Waals surface area (Å²) in [6.45, 7) is 8.02. The van der Waals surface area contributed by atoms with E-state index >= 15 is 0 Å². The zero-order valence-corrected chi connectivity index (χ0v) is 20.7. The third-order valence-electron chi connectivity index (χ3n) is 5.51. The average molecular weight is 510 g/mol. The molecular formula is C26H28BrN3O3. The largest absolute Gasteiger partial charge is 0.444 e. The van der Waals surface area contributed by atoms with Crippen molar-refractivity contribution in [3.8, 4) is 0 Å².